The van der Waals surface area contributed by atoms with E-state index in [1.54, 1.807) is 4.90 Å². The molecule has 0 aromatic heterocycles. The lowest BCUT2D eigenvalue weighted by molar-refractivity contribution is -0.130. The Kier molecular flexibility index (Phi) is 5.96. The van der Waals surface area contributed by atoms with Gasteiger partial charge in [-0.25, -0.2) is 8.42 Å². The van der Waals surface area contributed by atoms with E-state index < -0.39 is 15.6 Å². The summed E-state index contributed by atoms with van der Waals surface area (Å²) in [7, 11) is -3.65. The number of nitrogens with zero attached hydrogens (tertiary/aromatic N) is 2. The third-order valence-corrected chi connectivity index (χ3v) is 6.33. The highest BCUT2D eigenvalue weighted by molar-refractivity contribution is 7.92. The SMILES string of the molecule is O=C(CS(=O)(=O)c1ccc(Cl)cc1)N1CCN(Cc2ccccc2)CC1. The third kappa shape index (κ3) is 4.84. The molecule has 0 unspecified atom stereocenters. The summed E-state index contributed by atoms with van der Waals surface area (Å²) in [5.41, 5.74) is 1.23. The van der Waals surface area contributed by atoms with E-state index >= 15 is 0 Å². The van der Waals surface area contributed by atoms with Crippen LogP contribution in [-0.2, 0) is 21.2 Å². The number of halogens is 1. The Bertz CT molecular complexity index is 846. The number of carbonyl (C=O) groups is 1. The van der Waals surface area contributed by atoms with E-state index in [1.807, 2.05) is 18.2 Å². The van der Waals surface area contributed by atoms with Gasteiger partial charge in [-0.3, -0.25) is 9.69 Å². The van der Waals surface area contributed by atoms with E-state index in [0.29, 0.717) is 18.1 Å². The number of carbonyl (C=O) groups excluding carboxylic acids is 1. The third-order valence-electron chi connectivity index (χ3n) is 4.46. The maximum absolute atomic E-state index is 12.4. The molecule has 1 aliphatic heterocycles. The summed E-state index contributed by atoms with van der Waals surface area (Å²) in [6.45, 7) is 3.40. The first-order valence-electron chi connectivity index (χ1n) is 8.46. The molecule has 1 aliphatic rings. The van der Waals surface area contributed by atoms with E-state index in [1.165, 1.54) is 29.8 Å². The van der Waals surface area contributed by atoms with E-state index in [9.17, 15) is 13.2 Å². The van der Waals surface area contributed by atoms with Gasteiger partial charge in [-0.2, -0.15) is 0 Å². The van der Waals surface area contributed by atoms with Gasteiger partial charge in [0.15, 0.2) is 9.84 Å². The number of sulfone groups is 1. The molecular weight excluding hydrogens is 372 g/mol. The highest BCUT2D eigenvalue weighted by Gasteiger charge is 2.26. The van der Waals surface area contributed by atoms with E-state index in [0.717, 1.165) is 19.6 Å². The number of hydrogen-bond donors (Lipinski definition) is 0. The second-order valence-corrected chi connectivity index (χ2v) is 8.78. The summed E-state index contributed by atoms with van der Waals surface area (Å²) in [5, 5.41) is 0.463. The summed E-state index contributed by atoms with van der Waals surface area (Å²) in [6.07, 6.45) is 0. The van der Waals surface area contributed by atoms with Crippen molar-refractivity contribution < 1.29 is 13.2 Å². The number of rotatable bonds is 5. The van der Waals surface area contributed by atoms with Crippen LogP contribution in [-0.4, -0.2) is 56.1 Å². The molecule has 0 atom stereocenters. The summed E-state index contributed by atoms with van der Waals surface area (Å²) in [6, 6.07) is 16.1. The van der Waals surface area contributed by atoms with Gasteiger partial charge in [0.25, 0.3) is 0 Å². The first-order chi connectivity index (χ1) is 12.4. The quantitative estimate of drug-likeness (QED) is 0.784. The van der Waals surface area contributed by atoms with Crippen LogP contribution in [0.15, 0.2) is 59.5 Å². The number of amides is 1. The molecule has 0 N–H and O–H groups in total. The molecule has 0 saturated carbocycles. The first kappa shape index (κ1) is 18.9. The highest BCUT2D eigenvalue weighted by atomic mass is 35.5. The highest BCUT2D eigenvalue weighted by Crippen LogP contribution is 2.16. The lowest BCUT2D eigenvalue weighted by atomic mass is 10.2. The van der Waals surface area contributed by atoms with E-state index in [4.69, 9.17) is 11.6 Å². The standard InChI is InChI=1S/C19H21ClN2O3S/c20-17-6-8-18(9-7-17)26(24,25)15-19(23)22-12-10-21(11-13-22)14-16-4-2-1-3-5-16/h1-9H,10-15H2. The Balaban J connectivity index is 1.54. The first-order valence-corrected chi connectivity index (χ1v) is 10.5. The maximum Gasteiger partial charge on any atom is 0.238 e. The molecule has 0 spiro atoms. The van der Waals surface area contributed by atoms with E-state index in [2.05, 4.69) is 17.0 Å². The van der Waals surface area contributed by atoms with Gasteiger partial charge in [-0.1, -0.05) is 41.9 Å². The smallest absolute Gasteiger partial charge is 0.238 e. The van der Waals surface area contributed by atoms with Crippen molar-refractivity contribution in [3.05, 3.63) is 65.2 Å². The molecule has 1 heterocycles. The van der Waals surface area contributed by atoms with Crippen molar-refractivity contribution in [1.29, 1.82) is 0 Å². The Labute approximate surface area is 159 Å². The van der Waals surface area contributed by atoms with Gasteiger partial charge in [-0.05, 0) is 29.8 Å². The maximum atomic E-state index is 12.4. The predicted octanol–water partition coefficient (Wildman–Crippen LogP) is 2.46. The van der Waals surface area contributed by atoms with E-state index in [-0.39, 0.29) is 10.8 Å². The minimum atomic E-state index is -3.65. The minimum Gasteiger partial charge on any atom is -0.339 e. The summed E-state index contributed by atoms with van der Waals surface area (Å²) in [5.74, 6) is -0.854. The normalized spacial score (nSPS) is 15.8. The van der Waals surface area contributed by atoms with Gasteiger partial charge in [0.1, 0.15) is 5.75 Å². The van der Waals surface area contributed by atoms with Crippen molar-refractivity contribution >= 4 is 27.3 Å². The monoisotopic (exact) mass is 392 g/mol. The minimum absolute atomic E-state index is 0.123. The van der Waals surface area contributed by atoms with Crippen molar-refractivity contribution in [2.24, 2.45) is 0 Å². The molecule has 1 fully saturated rings. The van der Waals surface area contributed by atoms with Crippen molar-refractivity contribution in [3.63, 3.8) is 0 Å². The van der Waals surface area contributed by atoms with Gasteiger partial charge >= 0.3 is 0 Å². The topological polar surface area (TPSA) is 57.7 Å². The van der Waals surface area contributed by atoms with Crippen LogP contribution in [0.2, 0.25) is 5.02 Å². The van der Waals surface area contributed by atoms with Crippen molar-refractivity contribution in [3.8, 4) is 0 Å². The van der Waals surface area contributed by atoms with Crippen LogP contribution in [0.4, 0.5) is 0 Å². The molecule has 0 radical (unpaired) electrons. The van der Waals surface area contributed by atoms with Crippen molar-refractivity contribution in [2.75, 3.05) is 31.9 Å². The van der Waals surface area contributed by atoms with Crippen LogP contribution >= 0.6 is 11.6 Å². The Morgan fingerprint density at radius 2 is 1.54 bits per heavy atom. The molecule has 3 rings (SSSR count). The Morgan fingerprint density at radius 1 is 0.923 bits per heavy atom. The summed E-state index contributed by atoms with van der Waals surface area (Å²) >= 11 is 5.79. The summed E-state index contributed by atoms with van der Waals surface area (Å²) in [4.78, 5) is 16.4. The van der Waals surface area contributed by atoms with Crippen LogP contribution < -0.4 is 0 Å². The fourth-order valence-corrected chi connectivity index (χ4v) is 4.33. The molecule has 7 heteroatoms. The largest absolute Gasteiger partial charge is 0.339 e. The molecule has 2 aromatic rings. The Hall–Kier alpha value is -1.89. The molecule has 0 aliphatic carbocycles. The second kappa shape index (κ2) is 8.20. The molecule has 26 heavy (non-hydrogen) atoms. The van der Waals surface area contributed by atoms with Gasteiger partial charge < -0.3 is 4.90 Å². The molecule has 5 nitrogen and oxygen atoms in total. The lowest BCUT2D eigenvalue weighted by Gasteiger charge is -2.34. The van der Waals surface area contributed by atoms with Gasteiger partial charge in [0.05, 0.1) is 4.90 Å². The second-order valence-electron chi connectivity index (χ2n) is 6.36. The van der Waals surface area contributed by atoms with Crippen LogP contribution in [0.5, 0.6) is 0 Å². The number of hydrogen-bond acceptors (Lipinski definition) is 4. The molecular formula is C19H21ClN2O3S. The van der Waals surface area contributed by atoms with Crippen molar-refractivity contribution in [2.45, 2.75) is 11.4 Å². The molecule has 1 amide bonds. The zero-order valence-electron chi connectivity index (χ0n) is 14.3. The molecule has 1 saturated heterocycles. The zero-order valence-corrected chi connectivity index (χ0v) is 15.9. The van der Waals surface area contributed by atoms with Crippen molar-refractivity contribution in [1.82, 2.24) is 9.80 Å². The Morgan fingerprint density at radius 3 is 2.15 bits per heavy atom. The van der Waals surface area contributed by atoms with Gasteiger partial charge in [-0.15, -0.1) is 0 Å². The van der Waals surface area contributed by atoms with Gasteiger partial charge in [0, 0.05) is 37.7 Å². The molecule has 138 valence electrons. The molecule has 0 bridgehead atoms. The van der Waals surface area contributed by atoms with Crippen LogP contribution in [0.1, 0.15) is 5.56 Å². The fourth-order valence-electron chi connectivity index (χ4n) is 2.98. The average molecular weight is 393 g/mol. The predicted molar refractivity (Wildman–Crippen MR) is 102 cm³/mol. The van der Waals surface area contributed by atoms with Gasteiger partial charge in [0.2, 0.25) is 5.91 Å². The summed E-state index contributed by atoms with van der Waals surface area (Å²) < 4.78 is 24.8. The van der Waals surface area contributed by atoms with Crippen LogP contribution in [0.3, 0.4) is 0 Å². The van der Waals surface area contributed by atoms with Crippen LogP contribution in [0.25, 0.3) is 0 Å². The molecule has 2 aromatic carbocycles. The van der Waals surface area contributed by atoms with Crippen LogP contribution in [0, 0.1) is 0 Å². The lowest BCUT2D eigenvalue weighted by Crippen LogP contribution is -2.49. The average Bonchev–Trinajstić information content (AvgIpc) is 2.63. The number of benzene rings is 2. The fraction of sp³-hybridized carbons (Fsp3) is 0.316. The zero-order chi connectivity index (χ0) is 18.6. The number of piperazine rings is 1.